The third-order valence-electron chi connectivity index (χ3n) is 1.70. The molecule has 6 heteroatoms. The van der Waals surface area contributed by atoms with E-state index < -0.39 is 11.7 Å². The molecule has 1 N–H and O–H groups in total. The average Bonchev–Trinajstić information content (AvgIpc) is 2.14. The lowest BCUT2D eigenvalue weighted by Gasteiger charge is -2.20. The molecule has 0 radical (unpaired) electrons. The van der Waals surface area contributed by atoms with Gasteiger partial charge in [-0.3, -0.25) is 5.32 Å². The van der Waals surface area contributed by atoms with E-state index in [1.807, 2.05) is 0 Å². The van der Waals surface area contributed by atoms with Gasteiger partial charge in [0.2, 0.25) is 0 Å². The number of rotatable bonds is 2. The molecular formula is C11H15ClN2O3. The van der Waals surface area contributed by atoms with Crippen LogP contribution in [-0.4, -0.2) is 23.8 Å². The van der Waals surface area contributed by atoms with Gasteiger partial charge in [-0.05, 0) is 26.8 Å². The van der Waals surface area contributed by atoms with Crippen LogP contribution >= 0.6 is 11.6 Å². The maximum atomic E-state index is 11.6. The molecule has 1 aromatic heterocycles. The minimum absolute atomic E-state index is 0.182. The molecule has 0 saturated carbocycles. The Balaban J connectivity index is 2.82. The van der Waals surface area contributed by atoms with Gasteiger partial charge in [-0.2, -0.15) is 0 Å². The number of carbonyl (C=O) groups excluding carboxylic acids is 1. The van der Waals surface area contributed by atoms with Crippen molar-refractivity contribution in [3.8, 4) is 5.75 Å². The Bertz CT molecular complexity index is 416. The third-order valence-corrected chi connectivity index (χ3v) is 1.97. The number of aromatic nitrogens is 1. The number of hydrogen-bond acceptors (Lipinski definition) is 4. The van der Waals surface area contributed by atoms with Crippen LogP contribution in [0.3, 0.4) is 0 Å². The van der Waals surface area contributed by atoms with Crippen molar-refractivity contribution >= 4 is 23.4 Å². The molecule has 0 atom stereocenters. The maximum Gasteiger partial charge on any atom is 0.412 e. The summed E-state index contributed by atoms with van der Waals surface area (Å²) in [5, 5.41) is 2.73. The molecule has 0 saturated heterocycles. The molecule has 0 aliphatic heterocycles. The molecule has 0 aromatic carbocycles. The first kappa shape index (κ1) is 13.6. The molecule has 0 unspecified atom stereocenters. The van der Waals surface area contributed by atoms with Gasteiger partial charge in [0.05, 0.1) is 12.8 Å². The van der Waals surface area contributed by atoms with Gasteiger partial charge in [0, 0.05) is 6.20 Å². The fourth-order valence-corrected chi connectivity index (χ4v) is 1.36. The summed E-state index contributed by atoms with van der Waals surface area (Å²) in [6, 6.07) is 1.58. The van der Waals surface area contributed by atoms with E-state index in [2.05, 4.69) is 10.3 Å². The first-order valence-electron chi connectivity index (χ1n) is 5.02. The van der Waals surface area contributed by atoms with Gasteiger partial charge in [-0.25, -0.2) is 9.78 Å². The highest BCUT2D eigenvalue weighted by Gasteiger charge is 2.18. The number of pyridine rings is 1. The van der Waals surface area contributed by atoms with Crippen LogP contribution in [0, 0.1) is 0 Å². The molecule has 5 nitrogen and oxygen atoms in total. The van der Waals surface area contributed by atoms with Crippen molar-refractivity contribution in [3.05, 3.63) is 17.4 Å². The Morgan fingerprint density at radius 2 is 2.12 bits per heavy atom. The summed E-state index contributed by atoms with van der Waals surface area (Å²) in [6.07, 6.45) is 0.899. The fourth-order valence-electron chi connectivity index (χ4n) is 1.13. The van der Waals surface area contributed by atoms with Crippen molar-refractivity contribution in [2.45, 2.75) is 26.4 Å². The highest BCUT2D eigenvalue weighted by Crippen LogP contribution is 2.30. The van der Waals surface area contributed by atoms with E-state index in [4.69, 9.17) is 21.1 Å². The SMILES string of the molecule is COc1c(NC(=O)OC(C)(C)C)ccnc1Cl. The predicted molar refractivity (Wildman–Crippen MR) is 65.7 cm³/mol. The van der Waals surface area contributed by atoms with Crippen LogP contribution in [0.2, 0.25) is 5.15 Å². The minimum atomic E-state index is -0.571. The number of carbonyl (C=O) groups is 1. The molecule has 0 aliphatic rings. The van der Waals surface area contributed by atoms with E-state index in [-0.39, 0.29) is 5.15 Å². The second-order valence-electron chi connectivity index (χ2n) is 4.31. The zero-order valence-electron chi connectivity index (χ0n) is 10.2. The zero-order chi connectivity index (χ0) is 13.1. The quantitative estimate of drug-likeness (QED) is 0.828. The van der Waals surface area contributed by atoms with Crippen LogP contribution in [0.25, 0.3) is 0 Å². The first-order chi connectivity index (χ1) is 7.83. The molecule has 1 heterocycles. The highest BCUT2D eigenvalue weighted by atomic mass is 35.5. The van der Waals surface area contributed by atoms with Gasteiger partial charge in [0.1, 0.15) is 5.60 Å². The van der Waals surface area contributed by atoms with Gasteiger partial charge in [0.15, 0.2) is 10.9 Å². The summed E-state index contributed by atoms with van der Waals surface area (Å²) >= 11 is 5.82. The summed E-state index contributed by atoms with van der Waals surface area (Å²) in [5.41, 5.74) is -0.143. The lowest BCUT2D eigenvalue weighted by molar-refractivity contribution is 0.0635. The van der Waals surface area contributed by atoms with E-state index in [1.54, 1.807) is 26.8 Å². The smallest absolute Gasteiger partial charge is 0.412 e. The van der Waals surface area contributed by atoms with Crippen LogP contribution in [0.1, 0.15) is 20.8 Å². The number of ether oxygens (including phenoxy) is 2. The van der Waals surface area contributed by atoms with Gasteiger partial charge >= 0.3 is 6.09 Å². The van der Waals surface area contributed by atoms with Crippen molar-refractivity contribution < 1.29 is 14.3 Å². The van der Waals surface area contributed by atoms with E-state index in [0.717, 1.165) is 0 Å². The lowest BCUT2D eigenvalue weighted by Crippen LogP contribution is -2.27. The van der Waals surface area contributed by atoms with Crippen molar-refractivity contribution in [3.63, 3.8) is 0 Å². The Hall–Kier alpha value is -1.49. The van der Waals surface area contributed by atoms with Crippen molar-refractivity contribution in [2.24, 2.45) is 0 Å². The number of hydrogen-bond donors (Lipinski definition) is 1. The normalized spacial score (nSPS) is 10.9. The predicted octanol–water partition coefficient (Wildman–Crippen LogP) is 3.09. The molecule has 17 heavy (non-hydrogen) atoms. The molecule has 0 bridgehead atoms. The van der Waals surface area contributed by atoms with Crippen LogP contribution in [-0.2, 0) is 4.74 Å². The zero-order valence-corrected chi connectivity index (χ0v) is 11.0. The number of nitrogens with zero attached hydrogens (tertiary/aromatic N) is 1. The maximum absolute atomic E-state index is 11.6. The number of methoxy groups -OCH3 is 1. The van der Waals surface area contributed by atoms with Crippen LogP contribution in [0.4, 0.5) is 10.5 Å². The topological polar surface area (TPSA) is 60.5 Å². The minimum Gasteiger partial charge on any atom is -0.491 e. The molecule has 0 spiro atoms. The van der Waals surface area contributed by atoms with Gasteiger partial charge in [-0.15, -0.1) is 0 Å². The third kappa shape index (κ3) is 4.11. The second-order valence-corrected chi connectivity index (χ2v) is 4.67. The summed E-state index contributed by atoms with van der Waals surface area (Å²) in [6.45, 7) is 5.34. The Morgan fingerprint density at radius 1 is 1.47 bits per heavy atom. The van der Waals surface area contributed by atoms with Crippen LogP contribution in [0.5, 0.6) is 5.75 Å². The molecule has 0 fully saturated rings. The van der Waals surface area contributed by atoms with Gasteiger partial charge < -0.3 is 9.47 Å². The molecule has 1 amide bonds. The molecule has 1 aromatic rings. The number of halogens is 1. The lowest BCUT2D eigenvalue weighted by atomic mass is 10.2. The summed E-state index contributed by atoms with van der Waals surface area (Å²) in [4.78, 5) is 15.4. The van der Waals surface area contributed by atoms with Crippen molar-refractivity contribution in [1.29, 1.82) is 0 Å². The summed E-state index contributed by atoms with van der Waals surface area (Å²) in [7, 11) is 1.45. The van der Waals surface area contributed by atoms with E-state index in [1.165, 1.54) is 13.3 Å². The molecular weight excluding hydrogens is 244 g/mol. The Labute approximate surface area is 105 Å². The van der Waals surface area contributed by atoms with Crippen molar-refractivity contribution in [1.82, 2.24) is 4.98 Å². The molecule has 1 rings (SSSR count). The van der Waals surface area contributed by atoms with Crippen LogP contribution < -0.4 is 10.1 Å². The van der Waals surface area contributed by atoms with Gasteiger partial charge in [-0.1, -0.05) is 11.6 Å². The van der Waals surface area contributed by atoms with Crippen LogP contribution in [0.15, 0.2) is 12.3 Å². The van der Waals surface area contributed by atoms with E-state index >= 15 is 0 Å². The Kier molecular flexibility index (Phi) is 4.17. The highest BCUT2D eigenvalue weighted by molar-refractivity contribution is 6.31. The number of nitrogens with one attached hydrogen (secondary N) is 1. The standard InChI is InChI=1S/C11H15ClN2O3/c1-11(2,3)17-10(15)14-7-5-6-13-9(12)8(7)16-4/h5-6H,1-4H3,(H,13,14,15). The first-order valence-corrected chi connectivity index (χ1v) is 5.40. The number of amides is 1. The fraction of sp³-hybridized carbons (Fsp3) is 0.455. The summed E-state index contributed by atoms with van der Waals surface area (Å²) in [5.74, 6) is 0.306. The Morgan fingerprint density at radius 3 is 2.65 bits per heavy atom. The molecule has 94 valence electrons. The largest absolute Gasteiger partial charge is 0.491 e. The van der Waals surface area contributed by atoms with Crippen molar-refractivity contribution in [2.75, 3.05) is 12.4 Å². The second kappa shape index (κ2) is 5.23. The average molecular weight is 259 g/mol. The monoisotopic (exact) mass is 258 g/mol. The van der Waals surface area contributed by atoms with E-state index in [0.29, 0.717) is 11.4 Å². The molecule has 0 aliphatic carbocycles. The number of anilines is 1. The van der Waals surface area contributed by atoms with E-state index in [9.17, 15) is 4.79 Å². The summed E-state index contributed by atoms with van der Waals surface area (Å²) < 4.78 is 10.2. The van der Waals surface area contributed by atoms with Gasteiger partial charge in [0.25, 0.3) is 0 Å².